The van der Waals surface area contributed by atoms with Gasteiger partial charge in [-0.15, -0.1) is 0 Å². The number of aliphatic imine (C=N–C) groups is 1. The van der Waals surface area contributed by atoms with Crippen LogP contribution in [0.5, 0.6) is 0 Å². The summed E-state index contributed by atoms with van der Waals surface area (Å²) in [5.41, 5.74) is 1.82. The van der Waals surface area contributed by atoms with E-state index in [0.29, 0.717) is 6.07 Å². The predicted molar refractivity (Wildman–Crippen MR) is 128 cm³/mol. The molecule has 0 aliphatic carbocycles. The van der Waals surface area contributed by atoms with Crippen LogP contribution in [-0.4, -0.2) is 41.8 Å². The molecule has 3 rings (SSSR count). The molecule has 1 fully saturated rings. The summed E-state index contributed by atoms with van der Waals surface area (Å²) >= 11 is 0. The number of nitrogens with one attached hydrogen (secondary N) is 3. The van der Waals surface area contributed by atoms with Crippen molar-refractivity contribution >= 4 is 29.4 Å². The number of nitrogens with two attached hydrogens (primary N) is 1. The zero-order valence-electron chi connectivity index (χ0n) is 19.7. The molecule has 0 bridgehead atoms. The largest absolute Gasteiger partial charge is 0.418 e. The summed E-state index contributed by atoms with van der Waals surface area (Å²) in [4.78, 5) is 33.1. The number of hydrogen-bond acceptors (Lipinski definition) is 7. The first-order valence-electron chi connectivity index (χ1n) is 11.0. The molecule has 2 amide bonds. The maximum Gasteiger partial charge on any atom is 0.418 e. The Labute approximate surface area is 213 Å². The van der Waals surface area contributed by atoms with E-state index in [4.69, 9.17) is 10.5 Å². The minimum absolute atomic E-state index is 0.0328. The van der Waals surface area contributed by atoms with Crippen molar-refractivity contribution in [2.75, 3.05) is 18.5 Å². The number of hydrogen-bond donors (Lipinski definition) is 4. The quantitative estimate of drug-likeness (QED) is 0.221. The van der Waals surface area contributed by atoms with E-state index in [2.05, 4.69) is 32.5 Å². The van der Waals surface area contributed by atoms with Crippen molar-refractivity contribution in [3.05, 3.63) is 77.9 Å². The summed E-state index contributed by atoms with van der Waals surface area (Å²) in [6, 6.07) is 2.89. The number of nitrogens with zero attached hydrogens (tertiary/aromatic N) is 2. The molecule has 2 heterocycles. The van der Waals surface area contributed by atoms with Gasteiger partial charge in [0.25, 0.3) is 5.91 Å². The van der Waals surface area contributed by atoms with Crippen LogP contribution in [0.4, 0.5) is 33.3 Å². The lowest BCUT2D eigenvalue weighted by Crippen LogP contribution is -2.59. The Kier molecular flexibility index (Phi) is 8.78. The second-order valence-electron chi connectivity index (χ2n) is 8.07. The van der Waals surface area contributed by atoms with Gasteiger partial charge in [0, 0.05) is 37.7 Å². The summed E-state index contributed by atoms with van der Waals surface area (Å²) in [7, 11) is 0. The van der Waals surface area contributed by atoms with Crippen LogP contribution < -0.4 is 21.7 Å². The highest BCUT2D eigenvalue weighted by Crippen LogP contribution is 2.36. The Morgan fingerprint density at radius 2 is 2.03 bits per heavy atom. The highest BCUT2D eigenvalue weighted by molar-refractivity contribution is 6.13. The Morgan fingerprint density at radius 1 is 1.26 bits per heavy atom. The molecule has 0 spiro atoms. The third-order valence-electron chi connectivity index (χ3n) is 5.47. The first-order valence-corrected chi connectivity index (χ1v) is 11.0. The van der Waals surface area contributed by atoms with Crippen molar-refractivity contribution in [2.45, 2.75) is 24.7 Å². The number of amides is 2. The van der Waals surface area contributed by atoms with Crippen LogP contribution in [0.3, 0.4) is 0 Å². The molecule has 9 nitrogen and oxygen atoms in total. The van der Waals surface area contributed by atoms with Gasteiger partial charge in [-0.1, -0.05) is 6.58 Å². The van der Waals surface area contributed by atoms with E-state index in [-0.39, 0.29) is 36.6 Å². The molecule has 0 saturated carbocycles. The number of aromatic nitrogens is 1. The van der Waals surface area contributed by atoms with Crippen LogP contribution in [0.2, 0.25) is 0 Å². The Bertz CT molecular complexity index is 1270. The minimum atomic E-state index is -4.85. The van der Waals surface area contributed by atoms with E-state index in [1.807, 2.05) is 0 Å². The Balaban J connectivity index is 1.71. The van der Waals surface area contributed by atoms with E-state index in [1.165, 1.54) is 6.20 Å². The van der Waals surface area contributed by atoms with Gasteiger partial charge >= 0.3 is 6.18 Å². The molecule has 1 aromatic heterocycles. The number of carbonyl (C=O) groups is 2. The van der Waals surface area contributed by atoms with Gasteiger partial charge in [-0.25, -0.2) is 8.78 Å². The third kappa shape index (κ3) is 6.70. The molecule has 0 unspecified atom stereocenters. The van der Waals surface area contributed by atoms with E-state index in [0.717, 1.165) is 36.8 Å². The number of alkyl halides is 3. The van der Waals surface area contributed by atoms with E-state index in [1.54, 1.807) is 0 Å². The number of rotatable bonds is 9. The van der Waals surface area contributed by atoms with E-state index in [9.17, 15) is 31.5 Å². The second-order valence-corrected chi connectivity index (χ2v) is 8.07. The summed E-state index contributed by atoms with van der Waals surface area (Å²) in [5.74, 6) is -3.39. The molecular weight excluding hydrogens is 515 g/mol. The van der Waals surface area contributed by atoms with Crippen LogP contribution in [-0.2, 0) is 27.0 Å². The van der Waals surface area contributed by atoms with E-state index >= 15 is 0 Å². The molecule has 1 aliphatic heterocycles. The highest BCUT2D eigenvalue weighted by Gasteiger charge is 2.44. The highest BCUT2D eigenvalue weighted by atomic mass is 19.4. The van der Waals surface area contributed by atoms with Gasteiger partial charge in [0.1, 0.15) is 17.2 Å². The molecule has 14 heteroatoms. The zero-order valence-corrected chi connectivity index (χ0v) is 19.7. The Morgan fingerprint density at radius 3 is 2.63 bits per heavy atom. The number of pyridine rings is 1. The summed E-state index contributed by atoms with van der Waals surface area (Å²) in [6.45, 7) is 3.01. The molecule has 1 aromatic carbocycles. The van der Waals surface area contributed by atoms with Crippen LogP contribution in [0, 0.1) is 11.6 Å². The smallest absolute Gasteiger partial charge is 0.404 e. The molecule has 0 radical (unpaired) electrons. The lowest BCUT2D eigenvalue weighted by atomic mass is 9.96. The van der Waals surface area contributed by atoms with Crippen LogP contribution in [0.1, 0.15) is 17.7 Å². The molecule has 2 aromatic rings. The van der Waals surface area contributed by atoms with Gasteiger partial charge in [0.2, 0.25) is 5.91 Å². The number of benzene rings is 1. The lowest BCUT2D eigenvalue weighted by molar-refractivity contribution is -0.137. The predicted octanol–water partition coefficient (Wildman–Crippen LogP) is 3.07. The van der Waals surface area contributed by atoms with Crippen molar-refractivity contribution < 1.29 is 36.3 Å². The van der Waals surface area contributed by atoms with Crippen LogP contribution in [0.25, 0.3) is 0 Å². The standard InChI is InChI=1S/C24H23F5N6O3/c1-2-31-10-14(9-30)21(36)35-23(5-6-38-13-23)22(37)33-12-20-18(26)8-16(11-32-20)34-19-4-3-15(25)7-17(19)24(27,28)29/h2-4,7-11,34H,1,5-6,12-13,30H2,(H,33,37)(H,35,36)/b14-9+,31-10-/t23-/m0/s1. The van der Waals surface area contributed by atoms with Gasteiger partial charge in [0.05, 0.1) is 47.6 Å². The molecular formula is C24H23F5N6O3. The maximum atomic E-state index is 14.7. The lowest BCUT2D eigenvalue weighted by Gasteiger charge is -2.27. The van der Waals surface area contributed by atoms with Gasteiger partial charge in [0.15, 0.2) is 0 Å². The number of carbonyl (C=O) groups excluding carboxylic acids is 2. The molecule has 1 atom stereocenters. The fourth-order valence-corrected chi connectivity index (χ4v) is 3.51. The molecule has 5 N–H and O–H groups in total. The summed E-state index contributed by atoms with van der Waals surface area (Å²) in [5, 5.41) is 7.42. The van der Waals surface area contributed by atoms with Crippen molar-refractivity contribution in [1.29, 1.82) is 0 Å². The third-order valence-corrected chi connectivity index (χ3v) is 5.47. The first kappa shape index (κ1) is 28.2. The van der Waals surface area contributed by atoms with Gasteiger partial charge < -0.3 is 26.4 Å². The molecule has 1 aliphatic rings. The average Bonchev–Trinajstić information content (AvgIpc) is 3.34. The molecule has 38 heavy (non-hydrogen) atoms. The number of anilines is 2. The van der Waals surface area contributed by atoms with Gasteiger partial charge in [-0.2, -0.15) is 13.2 Å². The molecule has 1 saturated heterocycles. The normalized spacial score (nSPS) is 17.9. The maximum absolute atomic E-state index is 14.7. The average molecular weight is 538 g/mol. The SMILES string of the molecule is C=C/N=C\C(=C/N)C(=O)N[C@@]1(C(=O)NCc2ncc(Nc3ccc(F)cc3C(F)(F)F)cc2F)CCOC1. The van der Waals surface area contributed by atoms with Crippen molar-refractivity contribution in [3.8, 4) is 0 Å². The second kappa shape index (κ2) is 11.8. The van der Waals surface area contributed by atoms with Crippen molar-refractivity contribution in [3.63, 3.8) is 0 Å². The number of halogens is 5. The van der Waals surface area contributed by atoms with Crippen molar-refractivity contribution in [1.82, 2.24) is 15.6 Å². The fourth-order valence-electron chi connectivity index (χ4n) is 3.51. The first-order chi connectivity index (χ1) is 18.0. The van der Waals surface area contributed by atoms with Crippen LogP contribution in [0.15, 0.2) is 60.0 Å². The van der Waals surface area contributed by atoms with E-state index < -0.39 is 53.0 Å². The molecule has 202 valence electrons. The number of ether oxygens (including phenoxy) is 1. The minimum Gasteiger partial charge on any atom is -0.404 e. The summed E-state index contributed by atoms with van der Waals surface area (Å²) in [6.07, 6.45) is -0.324. The Hall–Kier alpha value is -4.33. The van der Waals surface area contributed by atoms with Gasteiger partial charge in [-0.3, -0.25) is 19.6 Å². The van der Waals surface area contributed by atoms with Gasteiger partial charge in [-0.05, 0) is 18.2 Å². The monoisotopic (exact) mass is 538 g/mol. The zero-order chi connectivity index (χ0) is 27.9. The fraction of sp³-hybridized carbons (Fsp3) is 0.250. The summed E-state index contributed by atoms with van der Waals surface area (Å²) < 4.78 is 72.9. The van der Waals surface area contributed by atoms with Crippen molar-refractivity contribution in [2.24, 2.45) is 10.7 Å². The van der Waals surface area contributed by atoms with Crippen LogP contribution >= 0.6 is 0 Å². The topological polar surface area (TPSA) is 131 Å².